The molecular weight excluding hydrogens is 385 g/mol. The topological polar surface area (TPSA) is 75.6 Å². The molecule has 2 bridgehead atoms. The lowest BCUT2D eigenvalue weighted by Crippen LogP contribution is -2.73. The Kier molecular flexibility index (Phi) is 4.54. The van der Waals surface area contributed by atoms with Crippen molar-refractivity contribution in [2.75, 3.05) is 0 Å². The molecule has 0 spiro atoms. The van der Waals surface area contributed by atoms with E-state index in [-0.39, 0.29) is 17.8 Å². The SMILES string of the molecule is O=C(NC(C(=O)O)C12CC(c3cc(F)ccc3Cl)(C1)C2)OCc1ccccc1. The fraction of sp³-hybridized carbons (Fsp3) is 0.333. The highest BCUT2D eigenvalue weighted by Gasteiger charge is 2.73. The van der Waals surface area contributed by atoms with Crippen molar-refractivity contribution in [1.82, 2.24) is 5.32 Å². The summed E-state index contributed by atoms with van der Waals surface area (Å²) >= 11 is 6.22. The van der Waals surface area contributed by atoms with Crippen molar-refractivity contribution in [2.45, 2.75) is 37.3 Å². The third-order valence-corrected chi connectivity index (χ3v) is 6.23. The Morgan fingerprint density at radius 1 is 1.18 bits per heavy atom. The van der Waals surface area contributed by atoms with Crippen LogP contribution in [-0.2, 0) is 21.6 Å². The molecule has 7 heteroatoms. The van der Waals surface area contributed by atoms with Gasteiger partial charge in [-0.25, -0.2) is 14.0 Å². The van der Waals surface area contributed by atoms with Gasteiger partial charge < -0.3 is 15.2 Å². The number of carbonyl (C=O) groups excluding carboxylic acids is 1. The zero-order chi connectivity index (χ0) is 19.9. The molecule has 0 radical (unpaired) electrons. The molecular formula is C21H19ClFNO4. The third-order valence-electron chi connectivity index (χ3n) is 5.91. The Morgan fingerprint density at radius 3 is 2.50 bits per heavy atom. The predicted octanol–water partition coefficient (Wildman–Crippen LogP) is 4.28. The molecule has 1 unspecified atom stereocenters. The van der Waals surface area contributed by atoms with Gasteiger partial charge in [0.15, 0.2) is 0 Å². The molecule has 3 aliphatic rings. The molecule has 2 aromatic rings. The first-order valence-corrected chi connectivity index (χ1v) is 9.37. The minimum Gasteiger partial charge on any atom is -0.480 e. The van der Waals surface area contributed by atoms with E-state index in [0.29, 0.717) is 29.8 Å². The zero-order valence-electron chi connectivity index (χ0n) is 15.0. The molecule has 0 saturated heterocycles. The molecule has 146 valence electrons. The van der Waals surface area contributed by atoms with Crippen molar-refractivity contribution in [1.29, 1.82) is 0 Å². The molecule has 0 heterocycles. The lowest BCUT2D eigenvalue weighted by molar-refractivity contribution is -0.183. The summed E-state index contributed by atoms with van der Waals surface area (Å²) in [5, 5.41) is 12.6. The molecule has 0 aromatic heterocycles. The van der Waals surface area contributed by atoms with E-state index in [1.807, 2.05) is 30.3 Å². The molecule has 1 atom stereocenters. The van der Waals surface area contributed by atoms with Crippen LogP contribution in [0.15, 0.2) is 48.5 Å². The molecule has 2 N–H and O–H groups in total. The van der Waals surface area contributed by atoms with Gasteiger partial charge in [-0.1, -0.05) is 41.9 Å². The van der Waals surface area contributed by atoms with Gasteiger partial charge in [0.05, 0.1) is 0 Å². The number of alkyl carbamates (subject to hydrolysis) is 1. The van der Waals surface area contributed by atoms with Crippen LogP contribution < -0.4 is 5.32 Å². The molecule has 5 rings (SSSR count). The summed E-state index contributed by atoms with van der Waals surface area (Å²) in [5.41, 5.74) is 0.678. The molecule has 3 saturated carbocycles. The van der Waals surface area contributed by atoms with E-state index in [4.69, 9.17) is 16.3 Å². The Morgan fingerprint density at radius 2 is 1.86 bits per heavy atom. The van der Waals surface area contributed by atoms with E-state index in [0.717, 1.165) is 5.56 Å². The van der Waals surface area contributed by atoms with Crippen LogP contribution in [0.2, 0.25) is 5.02 Å². The van der Waals surface area contributed by atoms with Crippen molar-refractivity contribution in [3.05, 3.63) is 70.5 Å². The molecule has 1 amide bonds. The van der Waals surface area contributed by atoms with Crippen molar-refractivity contribution < 1.29 is 23.8 Å². The Bertz CT molecular complexity index is 913. The summed E-state index contributed by atoms with van der Waals surface area (Å²) in [6.45, 7) is 0.0643. The van der Waals surface area contributed by atoms with E-state index >= 15 is 0 Å². The maximum atomic E-state index is 13.6. The summed E-state index contributed by atoms with van der Waals surface area (Å²) in [6, 6.07) is 12.3. The van der Waals surface area contributed by atoms with Crippen LogP contribution in [0.1, 0.15) is 30.4 Å². The maximum Gasteiger partial charge on any atom is 0.408 e. The number of nitrogens with one attached hydrogen (secondary N) is 1. The molecule has 0 aliphatic heterocycles. The number of hydrogen-bond donors (Lipinski definition) is 2. The fourth-order valence-electron chi connectivity index (χ4n) is 4.72. The summed E-state index contributed by atoms with van der Waals surface area (Å²) < 4.78 is 18.8. The number of halogens is 2. The van der Waals surface area contributed by atoms with Crippen molar-refractivity contribution in [2.24, 2.45) is 5.41 Å². The number of aliphatic carboxylic acids is 1. The van der Waals surface area contributed by atoms with Crippen LogP contribution in [0.5, 0.6) is 0 Å². The first-order valence-electron chi connectivity index (χ1n) is 8.99. The summed E-state index contributed by atoms with van der Waals surface area (Å²) in [5.74, 6) is -1.47. The number of carboxylic acid groups (broad SMARTS) is 1. The number of carbonyl (C=O) groups is 2. The normalized spacial score (nSPS) is 25.8. The number of amides is 1. The molecule has 3 aliphatic carbocycles. The molecule has 5 nitrogen and oxygen atoms in total. The summed E-state index contributed by atoms with van der Waals surface area (Å²) in [6.07, 6.45) is 0.857. The lowest BCUT2D eigenvalue weighted by Gasteiger charge is -2.72. The Balaban J connectivity index is 1.40. The van der Waals surface area contributed by atoms with Gasteiger partial charge >= 0.3 is 12.1 Å². The first-order chi connectivity index (χ1) is 13.3. The van der Waals surface area contributed by atoms with E-state index < -0.39 is 23.5 Å². The van der Waals surface area contributed by atoms with Crippen LogP contribution in [0.4, 0.5) is 9.18 Å². The quantitative estimate of drug-likeness (QED) is 0.754. The second kappa shape index (κ2) is 6.78. The first kappa shape index (κ1) is 18.7. The molecule has 3 fully saturated rings. The number of carboxylic acids is 1. The Labute approximate surface area is 166 Å². The van der Waals surface area contributed by atoms with Gasteiger partial charge in [0, 0.05) is 10.4 Å². The van der Waals surface area contributed by atoms with Gasteiger partial charge in [0.25, 0.3) is 0 Å². The summed E-state index contributed by atoms with van der Waals surface area (Å²) in [7, 11) is 0. The number of ether oxygens (including phenoxy) is 1. The second-order valence-corrected chi connectivity index (χ2v) is 8.18. The number of hydrogen-bond acceptors (Lipinski definition) is 3. The second-order valence-electron chi connectivity index (χ2n) is 7.77. The predicted molar refractivity (Wildman–Crippen MR) is 101 cm³/mol. The highest BCUT2D eigenvalue weighted by molar-refractivity contribution is 6.31. The van der Waals surface area contributed by atoms with E-state index in [1.165, 1.54) is 18.2 Å². The van der Waals surface area contributed by atoms with Crippen LogP contribution in [0, 0.1) is 11.2 Å². The van der Waals surface area contributed by atoms with Crippen molar-refractivity contribution >= 4 is 23.7 Å². The van der Waals surface area contributed by atoms with Gasteiger partial charge in [0.1, 0.15) is 18.5 Å². The minimum absolute atomic E-state index is 0.0643. The van der Waals surface area contributed by atoms with Gasteiger partial charge in [-0.05, 0) is 54.0 Å². The van der Waals surface area contributed by atoms with Crippen molar-refractivity contribution in [3.63, 3.8) is 0 Å². The van der Waals surface area contributed by atoms with Crippen molar-refractivity contribution in [3.8, 4) is 0 Å². The zero-order valence-corrected chi connectivity index (χ0v) is 15.7. The van der Waals surface area contributed by atoms with Crippen LogP contribution >= 0.6 is 11.6 Å². The summed E-state index contributed by atoms with van der Waals surface area (Å²) in [4.78, 5) is 23.9. The van der Waals surface area contributed by atoms with E-state index in [1.54, 1.807) is 0 Å². The van der Waals surface area contributed by atoms with E-state index in [2.05, 4.69) is 5.32 Å². The largest absolute Gasteiger partial charge is 0.480 e. The average Bonchev–Trinajstić information content (AvgIpc) is 2.60. The third kappa shape index (κ3) is 3.11. The maximum absolute atomic E-state index is 13.6. The highest BCUT2D eigenvalue weighted by atomic mass is 35.5. The highest BCUT2D eigenvalue weighted by Crippen LogP contribution is 2.75. The van der Waals surface area contributed by atoms with E-state index in [9.17, 15) is 19.1 Å². The van der Waals surface area contributed by atoms with Gasteiger partial charge in [0.2, 0.25) is 0 Å². The lowest BCUT2D eigenvalue weighted by atomic mass is 9.31. The van der Waals surface area contributed by atoms with Crippen LogP contribution in [0.3, 0.4) is 0 Å². The smallest absolute Gasteiger partial charge is 0.408 e. The standard InChI is InChI=1S/C21H19ClFNO4/c22-16-7-6-14(23)8-15(16)20-10-21(11-20,12-20)17(18(25)26)24-19(27)28-9-13-4-2-1-3-5-13/h1-8,17H,9-12H2,(H,24,27)(H,25,26). The molecule has 28 heavy (non-hydrogen) atoms. The minimum atomic E-state index is -1.10. The average molecular weight is 404 g/mol. The number of rotatable bonds is 6. The van der Waals surface area contributed by atoms with Gasteiger partial charge in [-0.3, -0.25) is 0 Å². The monoisotopic (exact) mass is 403 g/mol. The fourth-order valence-corrected chi connectivity index (χ4v) is 5.04. The van der Waals surface area contributed by atoms with Crippen LogP contribution in [0.25, 0.3) is 0 Å². The molecule has 2 aromatic carbocycles. The Hall–Kier alpha value is -2.60. The van der Waals surface area contributed by atoms with Gasteiger partial charge in [-0.2, -0.15) is 0 Å². The van der Waals surface area contributed by atoms with Crippen LogP contribution in [-0.4, -0.2) is 23.2 Å². The van der Waals surface area contributed by atoms with Gasteiger partial charge in [-0.15, -0.1) is 0 Å². The number of benzene rings is 2.